The molecule has 16 heteroatoms. The number of ketones is 2. The Morgan fingerprint density at radius 2 is 1.10 bits per heavy atom. The van der Waals surface area contributed by atoms with Crippen LogP contribution in [0, 0.1) is 0 Å². The Labute approximate surface area is 354 Å². The highest BCUT2D eigenvalue weighted by Crippen LogP contribution is 2.44. The van der Waals surface area contributed by atoms with Crippen LogP contribution in [0.25, 0.3) is 22.2 Å². The van der Waals surface area contributed by atoms with Crippen LogP contribution in [0.3, 0.4) is 0 Å². The summed E-state index contributed by atoms with van der Waals surface area (Å²) < 4.78 is 21.2. The van der Waals surface area contributed by atoms with Crippen LogP contribution < -0.4 is 16.8 Å². The van der Waals surface area contributed by atoms with Crippen molar-refractivity contribution >= 4 is 69.7 Å². The third-order valence-electron chi connectivity index (χ3n) is 11.4. The number of alkyl halides is 1. The Kier molecular flexibility index (Phi) is 12.6. The van der Waals surface area contributed by atoms with E-state index in [1.807, 2.05) is 48.5 Å². The van der Waals surface area contributed by atoms with Gasteiger partial charge in [0.25, 0.3) is 0 Å². The summed E-state index contributed by atoms with van der Waals surface area (Å²) in [6, 6.07) is 25.2. The summed E-state index contributed by atoms with van der Waals surface area (Å²) in [5.74, 6) is -1.21. The lowest BCUT2D eigenvalue weighted by Gasteiger charge is -2.38. The minimum atomic E-state index is -0.527. The first kappa shape index (κ1) is 42.3. The van der Waals surface area contributed by atoms with E-state index in [4.69, 9.17) is 29.9 Å². The zero-order valence-electron chi connectivity index (χ0n) is 32.4. The maximum atomic E-state index is 12.6. The van der Waals surface area contributed by atoms with E-state index < -0.39 is 17.1 Å². The number of likely N-dealkylation sites (tertiary alicyclic amines) is 1. The molecule has 0 saturated carbocycles. The largest absolute Gasteiger partial charge is 0.450 e. The lowest BCUT2D eigenvalue weighted by Crippen LogP contribution is -2.43. The number of hydrogen-bond donors (Lipinski definition) is 3. The lowest BCUT2D eigenvalue weighted by atomic mass is 9.83. The first-order valence-corrected chi connectivity index (χ1v) is 20.1. The second-order valence-electron chi connectivity index (χ2n) is 14.9. The van der Waals surface area contributed by atoms with Gasteiger partial charge in [0.15, 0.2) is 22.7 Å². The summed E-state index contributed by atoms with van der Waals surface area (Å²) in [5.41, 5.74) is 5.62. The van der Waals surface area contributed by atoms with E-state index in [9.17, 15) is 28.8 Å². The van der Waals surface area contributed by atoms with Gasteiger partial charge in [-0.25, -0.2) is 19.2 Å². The summed E-state index contributed by atoms with van der Waals surface area (Å²) in [5, 5.41) is 3.29. The van der Waals surface area contributed by atoms with E-state index in [1.54, 1.807) is 36.4 Å². The zero-order valence-corrected chi connectivity index (χ0v) is 34.0. The van der Waals surface area contributed by atoms with Crippen LogP contribution >= 0.6 is 24.0 Å². The zero-order chi connectivity index (χ0) is 41.1. The molecule has 4 aromatic carbocycles. The van der Waals surface area contributed by atoms with Crippen LogP contribution in [-0.4, -0.2) is 77.0 Å². The third-order valence-corrected chi connectivity index (χ3v) is 11.6. The maximum absolute atomic E-state index is 12.6. The monoisotopic (exact) mass is 856 g/mol. The van der Waals surface area contributed by atoms with Gasteiger partial charge in [-0.05, 0) is 61.6 Å². The minimum Gasteiger partial charge on any atom is -0.450 e. The Balaban J connectivity index is 0.000000148. The Morgan fingerprint density at radius 3 is 1.60 bits per heavy atom. The molecule has 0 aliphatic carbocycles. The number of fused-ring (bicyclic) bond motifs is 6. The molecule has 0 bridgehead atoms. The number of esters is 2. The van der Waals surface area contributed by atoms with Crippen molar-refractivity contribution in [3.63, 3.8) is 0 Å². The molecule has 6 heterocycles. The van der Waals surface area contributed by atoms with Gasteiger partial charge in [0.2, 0.25) is 0 Å². The number of aromatic nitrogens is 2. The van der Waals surface area contributed by atoms with Gasteiger partial charge in [-0.15, -0.1) is 24.0 Å². The molecule has 2 aromatic heterocycles. The predicted octanol–water partition coefficient (Wildman–Crippen LogP) is 6.65. The second kappa shape index (κ2) is 17.8. The molecule has 4 aliphatic heterocycles. The molecule has 0 radical (unpaired) electrons. The average molecular weight is 858 g/mol. The van der Waals surface area contributed by atoms with Gasteiger partial charge in [-0.2, -0.15) is 0 Å². The molecule has 0 unspecified atom stereocenters. The van der Waals surface area contributed by atoms with Crippen LogP contribution in [0.5, 0.6) is 0 Å². The number of aromatic amines is 2. The molecular formula is C44H42Cl2N4O10. The topological polar surface area (TPSA) is 194 Å². The molecule has 60 heavy (non-hydrogen) atoms. The van der Waals surface area contributed by atoms with Gasteiger partial charge in [0, 0.05) is 86.3 Å². The maximum Gasteiger partial charge on any atom is 0.417 e. The van der Waals surface area contributed by atoms with E-state index in [2.05, 4.69) is 20.2 Å². The first-order chi connectivity index (χ1) is 28.6. The fraction of sp³-hybridized carbons (Fsp3) is 0.318. The molecule has 6 aromatic rings. The second-order valence-corrected chi connectivity index (χ2v) is 15.3. The molecule has 312 valence electrons. The molecule has 2 saturated heterocycles. The summed E-state index contributed by atoms with van der Waals surface area (Å²) in [6.07, 6.45) is 3.88. The number of nitrogens with one attached hydrogen (secondary N) is 3. The Bertz CT molecular complexity index is 2680. The van der Waals surface area contributed by atoms with Gasteiger partial charge in [0.1, 0.15) is 11.2 Å². The van der Waals surface area contributed by atoms with Crippen molar-refractivity contribution in [2.24, 2.45) is 0 Å². The van der Waals surface area contributed by atoms with Crippen LogP contribution in [0.2, 0.25) is 0 Å². The summed E-state index contributed by atoms with van der Waals surface area (Å²) in [4.78, 5) is 77.3. The van der Waals surface area contributed by atoms with Crippen molar-refractivity contribution in [3.8, 4) is 0 Å². The highest BCUT2D eigenvalue weighted by Gasteiger charge is 2.47. The van der Waals surface area contributed by atoms with Crippen molar-refractivity contribution in [1.82, 2.24) is 20.2 Å². The van der Waals surface area contributed by atoms with Crippen molar-refractivity contribution < 1.29 is 37.5 Å². The fourth-order valence-corrected chi connectivity index (χ4v) is 8.45. The van der Waals surface area contributed by atoms with Crippen LogP contribution in [0.1, 0.15) is 91.1 Å². The molecular weight excluding hydrogens is 815 g/mol. The quantitative estimate of drug-likeness (QED) is 0.0881. The SMILES string of the molecule is Cl.O=C(CCCl)c1ccc2[nH]c(=O)oc2c1.O=C(CCN1CCC2(CC1)OC(=O)c1ccccc12)c1ccc2[nH]c(=O)oc2c1.O=C1OC2(CCNCC2)c2ccccc21. The fourth-order valence-electron chi connectivity index (χ4n) is 8.27. The summed E-state index contributed by atoms with van der Waals surface area (Å²) in [6.45, 7) is 4.00. The average Bonchev–Trinajstić information content (AvgIpc) is 3.97. The molecule has 3 N–H and O–H groups in total. The lowest BCUT2D eigenvalue weighted by molar-refractivity contribution is -0.0426. The Morgan fingerprint density at radius 1 is 0.633 bits per heavy atom. The number of oxazole rings is 2. The number of Topliss-reactive ketones (excluding diaryl/α,β-unsaturated/α-hetero) is 2. The number of hydrogen-bond acceptors (Lipinski definition) is 12. The van der Waals surface area contributed by atoms with Crippen LogP contribution in [0.4, 0.5) is 0 Å². The van der Waals surface area contributed by atoms with Gasteiger partial charge in [0.05, 0.1) is 22.2 Å². The first-order valence-electron chi connectivity index (χ1n) is 19.5. The van der Waals surface area contributed by atoms with Crippen molar-refractivity contribution in [1.29, 1.82) is 0 Å². The highest BCUT2D eigenvalue weighted by atomic mass is 35.5. The van der Waals surface area contributed by atoms with E-state index in [0.717, 1.165) is 68.6 Å². The van der Waals surface area contributed by atoms with Crippen LogP contribution in [0.15, 0.2) is 103 Å². The number of rotatable bonds is 7. The number of H-pyrrole nitrogens is 2. The minimum absolute atomic E-state index is 0. The van der Waals surface area contributed by atoms with Crippen molar-refractivity contribution in [3.05, 3.63) is 139 Å². The van der Waals surface area contributed by atoms with Gasteiger partial charge in [-0.1, -0.05) is 36.4 Å². The molecule has 10 rings (SSSR count). The summed E-state index contributed by atoms with van der Waals surface area (Å²) >= 11 is 5.47. The molecule has 0 atom stereocenters. The van der Waals surface area contributed by atoms with Crippen molar-refractivity contribution in [2.45, 2.75) is 49.7 Å². The number of benzene rings is 4. The number of ether oxygens (including phenoxy) is 2. The van der Waals surface area contributed by atoms with Gasteiger partial charge >= 0.3 is 23.5 Å². The summed E-state index contributed by atoms with van der Waals surface area (Å²) in [7, 11) is 0. The molecule has 2 spiro atoms. The highest BCUT2D eigenvalue weighted by molar-refractivity contribution is 6.19. The van der Waals surface area contributed by atoms with E-state index in [-0.39, 0.29) is 53.8 Å². The van der Waals surface area contributed by atoms with E-state index in [0.29, 0.717) is 51.9 Å². The third kappa shape index (κ3) is 8.59. The van der Waals surface area contributed by atoms with E-state index in [1.165, 1.54) is 0 Å². The normalized spacial score (nSPS) is 17.1. The number of carbonyl (C=O) groups excluding carboxylic acids is 4. The molecule has 14 nitrogen and oxygen atoms in total. The molecule has 0 amide bonds. The number of carbonyl (C=O) groups is 4. The van der Waals surface area contributed by atoms with Crippen molar-refractivity contribution in [2.75, 3.05) is 38.6 Å². The molecule has 4 aliphatic rings. The van der Waals surface area contributed by atoms with Crippen LogP contribution in [-0.2, 0) is 20.7 Å². The van der Waals surface area contributed by atoms with E-state index >= 15 is 0 Å². The molecule has 2 fully saturated rings. The number of halogens is 2. The van der Waals surface area contributed by atoms with Gasteiger partial charge in [-0.3, -0.25) is 19.6 Å². The number of piperidine rings is 2. The Hall–Kier alpha value is -5.80. The van der Waals surface area contributed by atoms with Gasteiger partial charge < -0.3 is 28.5 Å². The standard InChI is InChI=1S/C22H20N2O5.C12H13NO2.C10H8ClNO3.ClH/c25-18(14-5-6-17-19(13-14)28-21(27)23-17)7-10-24-11-8-22(9-12-24)16-4-2-1-3-15(16)20(26)29-22;14-11-9-3-1-2-4-10(9)12(15-11)5-7-13-8-6-12;11-4-3-8(13)6-1-2-7-9(5-6)15-10(14)12-7;/h1-6,13H,7-12H2,(H,23,27);1-4,13H,5-8H2;1-2,5H,3-4H2,(H,12,14);1H. The number of nitrogens with zero attached hydrogens (tertiary/aromatic N) is 1. The smallest absolute Gasteiger partial charge is 0.417 e. The predicted molar refractivity (Wildman–Crippen MR) is 224 cm³/mol.